The average Bonchev–Trinajstić information content (AvgIpc) is 2.64. The lowest BCUT2D eigenvalue weighted by atomic mass is 10.1. The number of nitrogens with one attached hydrogen (secondary N) is 2. The summed E-state index contributed by atoms with van der Waals surface area (Å²) in [4.78, 5) is 0. The first-order valence-corrected chi connectivity index (χ1v) is 5.20. The molecule has 0 aromatic rings. The van der Waals surface area contributed by atoms with Crippen LogP contribution in [0, 0.1) is 11.3 Å². The number of hydrogen-bond acceptors (Lipinski definition) is 3. The van der Waals surface area contributed by atoms with Gasteiger partial charge in [-0.05, 0) is 25.8 Å². The lowest BCUT2D eigenvalue weighted by Gasteiger charge is -2.17. The first-order chi connectivity index (χ1) is 6.36. The van der Waals surface area contributed by atoms with Crippen LogP contribution in [0.1, 0.15) is 32.6 Å². The fourth-order valence-electron chi connectivity index (χ4n) is 1.71. The van der Waals surface area contributed by atoms with E-state index in [9.17, 15) is 0 Å². The zero-order chi connectivity index (χ0) is 9.52. The Morgan fingerprint density at radius 3 is 3.08 bits per heavy atom. The van der Waals surface area contributed by atoms with Gasteiger partial charge in [0.2, 0.25) is 0 Å². The predicted molar refractivity (Wildman–Crippen MR) is 53.3 cm³/mol. The standard InChI is InChI=1S/C10H19N3/c1-2-9(5-6-11)13-8-10-4-3-7-12-10/h9-10,12-13H,2-5,7-8H2,1H3. The molecule has 74 valence electrons. The summed E-state index contributed by atoms with van der Waals surface area (Å²) in [6, 6.07) is 3.23. The van der Waals surface area contributed by atoms with Gasteiger partial charge >= 0.3 is 0 Å². The molecule has 1 fully saturated rings. The number of rotatable bonds is 5. The Labute approximate surface area is 80.5 Å². The Balaban J connectivity index is 2.11. The van der Waals surface area contributed by atoms with Gasteiger partial charge in [-0.1, -0.05) is 6.92 Å². The van der Waals surface area contributed by atoms with Crippen LogP contribution in [-0.2, 0) is 0 Å². The maximum absolute atomic E-state index is 8.55. The molecule has 0 radical (unpaired) electrons. The second kappa shape index (κ2) is 5.95. The molecule has 2 unspecified atom stereocenters. The summed E-state index contributed by atoms with van der Waals surface area (Å²) in [6.07, 6.45) is 4.24. The lowest BCUT2D eigenvalue weighted by Crippen LogP contribution is -2.39. The summed E-state index contributed by atoms with van der Waals surface area (Å²) in [6.45, 7) is 4.29. The van der Waals surface area contributed by atoms with Crippen LogP contribution in [0.4, 0.5) is 0 Å². The van der Waals surface area contributed by atoms with E-state index in [1.54, 1.807) is 0 Å². The predicted octanol–water partition coefficient (Wildman–Crippen LogP) is 1.02. The number of nitrogens with zero attached hydrogens (tertiary/aromatic N) is 1. The first-order valence-electron chi connectivity index (χ1n) is 5.20. The summed E-state index contributed by atoms with van der Waals surface area (Å²) in [5, 5.41) is 15.4. The monoisotopic (exact) mass is 181 g/mol. The molecule has 3 nitrogen and oxygen atoms in total. The second-order valence-corrected chi connectivity index (χ2v) is 3.67. The molecular formula is C10H19N3. The highest BCUT2D eigenvalue weighted by Gasteiger charge is 2.14. The summed E-state index contributed by atoms with van der Waals surface area (Å²) >= 11 is 0. The molecule has 0 bridgehead atoms. The third-order valence-electron chi connectivity index (χ3n) is 2.65. The minimum atomic E-state index is 0.382. The third-order valence-corrected chi connectivity index (χ3v) is 2.65. The SMILES string of the molecule is CCC(CC#N)NCC1CCCN1. The molecule has 2 N–H and O–H groups in total. The van der Waals surface area contributed by atoms with E-state index >= 15 is 0 Å². The summed E-state index contributed by atoms with van der Waals surface area (Å²) in [7, 11) is 0. The van der Waals surface area contributed by atoms with E-state index in [0.717, 1.165) is 19.5 Å². The maximum atomic E-state index is 8.55. The summed E-state index contributed by atoms with van der Waals surface area (Å²) < 4.78 is 0. The van der Waals surface area contributed by atoms with Crippen LogP contribution < -0.4 is 10.6 Å². The van der Waals surface area contributed by atoms with Gasteiger partial charge in [-0.2, -0.15) is 5.26 Å². The van der Waals surface area contributed by atoms with Crippen LogP contribution in [-0.4, -0.2) is 25.2 Å². The van der Waals surface area contributed by atoms with Gasteiger partial charge in [-0.25, -0.2) is 0 Å². The average molecular weight is 181 g/mol. The highest BCUT2D eigenvalue weighted by atomic mass is 15.0. The first kappa shape index (κ1) is 10.5. The highest BCUT2D eigenvalue weighted by molar-refractivity contribution is 4.83. The molecule has 13 heavy (non-hydrogen) atoms. The van der Waals surface area contributed by atoms with Gasteiger partial charge in [0.15, 0.2) is 0 Å². The van der Waals surface area contributed by atoms with E-state index in [0.29, 0.717) is 18.5 Å². The molecule has 0 spiro atoms. The minimum Gasteiger partial charge on any atom is -0.313 e. The van der Waals surface area contributed by atoms with Crippen LogP contribution in [0.15, 0.2) is 0 Å². The summed E-state index contributed by atoms with van der Waals surface area (Å²) in [5.41, 5.74) is 0. The number of hydrogen-bond donors (Lipinski definition) is 2. The second-order valence-electron chi connectivity index (χ2n) is 3.67. The Morgan fingerprint density at radius 1 is 1.69 bits per heavy atom. The highest BCUT2D eigenvalue weighted by Crippen LogP contribution is 2.04. The fourth-order valence-corrected chi connectivity index (χ4v) is 1.71. The molecule has 3 heteroatoms. The Kier molecular flexibility index (Phi) is 4.81. The summed E-state index contributed by atoms with van der Waals surface area (Å²) in [5.74, 6) is 0. The van der Waals surface area contributed by atoms with Crippen LogP contribution in [0.3, 0.4) is 0 Å². The number of nitriles is 1. The van der Waals surface area contributed by atoms with E-state index in [1.165, 1.54) is 12.8 Å². The molecule has 0 saturated carbocycles. The van der Waals surface area contributed by atoms with Crippen molar-refractivity contribution < 1.29 is 0 Å². The third kappa shape index (κ3) is 3.75. The van der Waals surface area contributed by atoms with Crippen LogP contribution in [0.5, 0.6) is 0 Å². The molecule has 1 aliphatic rings. The normalized spacial score (nSPS) is 24.2. The van der Waals surface area contributed by atoms with Crippen molar-refractivity contribution in [3.8, 4) is 6.07 Å². The van der Waals surface area contributed by atoms with Gasteiger partial charge in [0.05, 0.1) is 12.5 Å². The quantitative estimate of drug-likeness (QED) is 0.665. The largest absolute Gasteiger partial charge is 0.313 e. The Bertz CT molecular complexity index is 167. The van der Waals surface area contributed by atoms with E-state index in [2.05, 4.69) is 23.6 Å². The topological polar surface area (TPSA) is 47.9 Å². The van der Waals surface area contributed by atoms with Crippen molar-refractivity contribution in [1.82, 2.24) is 10.6 Å². The van der Waals surface area contributed by atoms with Gasteiger partial charge < -0.3 is 10.6 Å². The van der Waals surface area contributed by atoms with Crippen LogP contribution in [0.25, 0.3) is 0 Å². The van der Waals surface area contributed by atoms with Crippen molar-refractivity contribution >= 4 is 0 Å². The van der Waals surface area contributed by atoms with Crippen molar-refractivity contribution in [2.24, 2.45) is 0 Å². The van der Waals surface area contributed by atoms with E-state index in [-0.39, 0.29) is 0 Å². The maximum Gasteiger partial charge on any atom is 0.0638 e. The van der Waals surface area contributed by atoms with Crippen LogP contribution in [0.2, 0.25) is 0 Å². The van der Waals surface area contributed by atoms with Crippen molar-refractivity contribution in [2.45, 2.75) is 44.7 Å². The zero-order valence-corrected chi connectivity index (χ0v) is 8.34. The molecule has 1 heterocycles. The van der Waals surface area contributed by atoms with Gasteiger partial charge in [0.25, 0.3) is 0 Å². The van der Waals surface area contributed by atoms with E-state index in [4.69, 9.17) is 5.26 Å². The van der Waals surface area contributed by atoms with Crippen molar-refractivity contribution in [3.63, 3.8) is 0 Å². The zero-order valence-electron chi connectivity index (χ0n) is 8.34. The molecule has 1 rings (SSSR count). The van der Waals surface area contributed by atoms with E-state index in [1.807, 2.05) is 0 Å². The lowest BCUT2D eigenvalue weighted by molar-refractivity contribution is 0.455. The van der Waals surface area contributed by atoms with Gasteiger partial charge in [0.1, 0.15) is 0 Å². The Hall–Kier alpha value is -0.590. The molecule has 0 aliphatic carbocycles. The van der Waals surface area contributed by atoms with Crippen molar-refractivity contribution in [2.75, 3.05) is 13.1 Å². The van der Waals surface area contributed by atoms with Gasteiger partial charge in [-0.3, -0.25) is 0 Å². The molecule has 0 aromatic heterocycles. The Morgan fingerprint density at radius 2 is 2.54 bits per heavy atom. The fraction of sp³-hybridized carbons (Fsp3) is 0.900. The smallest absolute Gasteiger partial charge is 0.0638 e. The van der Waals surface area contributed by atoms with E-state index < -0.39 is 0 Å². The molecule has 1 aliphatic heterocycles. The molecule has 0 amide bonds. The molecule has 1 saturated heterocycles. The van der Waals surface area contributed by atoms with Gasteiger partial charge in [0, 0.05) is 18.6 Å². The molecular weight excluding hydrogens is 162 g/mol. The van der Waals surface area contributed by atoms with Crippen LogP contribution >= 0.6 is 0 Å². The van der Waals surface area contributed by atoms with Crippen molar-refractivity contribution in [3.05, 3.63) is 0 Å². The minimum absolute atomic E-state index is 0.382. The molecule has 0 aromatic carbocycles. The van der Waals surface area contributed by atoms with Gasteiger partial charge in [-0.15, -0.1) is 0 Å². The molecule has 2 atom stereocenters. The van der Waals surface area contributed by atoms with Crippen molar-refractivity contribution in [1.29, 1.82) is 5.26 Å².